The molecule has 5 nitrogen and oxygen atoms in total. The smallest absolute Gasteiger partial charge is 0.350 e. The number of ether oxygens (including phenoxy) is 1. The molecule has 0 aliphatic rings. The van der Waals surface area contributed by atoms with Crippen molar-refractivity contribution < 1.29 is 9.53 Å². The number of esters is 1. The molecule has 0 amide bonds. The van der Waals surface area contributed by atoms with Gasteiger partial charge in [-0.05, 0) is 38.5 Å². The van der Waals surface area contributed by atoms with Crippen LogP contribution in [0.2, 0.25) is 5.02 Å². The van der Waals surface area contributed by atoms with E-state index in [2.05, 4.69) is 15.5 Å². The standard InChI is InChI=1S/C15H16ClN3O2S/c1-4-21-14(20)13-10(3)17-15(22-13)19-18-9(2)11-5-7-12(16)8-6-11/h5-8H,4H2,1-3H3,(H,17,19)/b18-9+. The van der Waals surface area contributed by atoms with Crippen molar-refractivity contribution in [1.29, 1.82) is 0 Å². The maximum Gasteiger partial charge on any atom is 0.350 e. The normalized spacial score (nSPS) is 11.4. The molecule has 0 fully saturated rings. The molecule has 0 bridgehead atoms. The number of hydrazone groups is 1. The summed E-state index contributed by atoms with van der Waals surface area (Å²) < 4.78 is 4.98. The lowest BCUT2D eigenvalue weighted by molar-refractivity contribution is 0.0531. The van der Waals surface area contributed by atoms with Gasteiger partial charge in [0.2, 0.25) is 5.13 Å². The van der Waals surface area contributed by atoms with Crippen LogP contribution < -0.4 is 5.43 Å². The summed E-state index contributed by atoms with van der Waals surface area (Å²) in [6, 6.07) is 7.39. The van der Waals surface area contributed by atoms with Crippen LogP contribution in [0.25, 0.3) is 0 Å². The fraction of sp³-hybridized carbons (Fsp3) is 0.267. The van der Waals surface area contributed by atoms with E-state index in [-0.39, 0.29) is 5.97 Å². The summed E-state index contributed by atoms with van der Waals surface area (Å²) in [4.78, 5) is 16.5. The molecule has 0 atom stereocenters. The van der Waals surface area contributed by atoms with Gasteiger partial charge in [-0.3, -0.25) is 5.43 Å². The minimum absolute atomic E-state index is 0.340. The zero-order chi connectivity index (χ0) is 16.1. The number of rotatable bonds is 5. The van der Waals surface area contributed by atoms with Gasteiger partial charge in [0.25, 0.3) is 0 Å². The number of halogens is 1. The third kappa shape index (κ3) is 4.05. The fourth-order valence-corrected chi connectivity index (χ4v) is 2.65. The second-order valence-corrected chi connectivity index (χ2v) is 5.91. The average molecular weight is 338 g/mol. The molecule has 1 heterocycles. The summed E-state index contributed by atoms with van der Waals surface area (Å²) in [6.45, 7) is 5.76. The molecular formula is C15H16ClN3O2S. The first kappa shape index (κ1) is 16.5. The highest BCUT2D eigenvalue weighted by atomic mass is 35.5. The lowest BCUT2D eigenvalue weighted by Gasteiger charge is -2.01. The van der Waals surface area contributed by atoms with Gasteiger partial charge in [-0.1, -0.05) is 35.1 Å². The molecule has 2 rings (SSSR count). The maximum atomic E-state index is 11.7. The predicted molar refractivity (Wildman–Crippen MR) is 90.1 cm³/mol. The second-order valence-electron chi connectivity index (χ2n) is 4.47. The molecule has 7 heteroatoms. The van der Waals surface area contributed by atoms with E-state index in [9.17, 15) is 4.79 Å². The Balaban J connectivity index is 2.11. The average Bonchev–Trinajstić information content (AvgIpc) is 2.87. The van der Waals surface area contributed by atoms with E-state index in [0.29, 0.717) is 27.3 Å². The number of aryl methyl sites for hydroxylation is 1. The number of carbonyl (C=O) groups excluding carboxylic acids is 1. The Morgan fingerprint density at radius 3 is 2.73 bits per heavy atom. The predicted octanol–water partition coefficient (Wildman–Crippen LogP) is 4.12. The number of hydrogen-bond acceptors (Lipinski definition) is 6. The van der Waals surface area contributed by atoms with E-state index >= 15 is 0 Å². The van der Waals surface area contributed by atoms with Gasteiger partial charge in [-0.25, -0.2) is 9.78 Å². The summed E-state index contributed by atoms with van der Waals surface area (Å²) in [5, 5.41) is 5.50. The van der Waals surface area contributed by atoms with Gasteiger partial charge in [-0.2, -0.15) is 5.10 Å². The monoisotopic (exact) mass is 337 g/mol. The Morgan fingerprint density at radius 1 is 1.41 bits per heavy atom. The summed E-state index contributed by atoms with van der Waals surface area (Å²) in [7, 11) is 0. The molecule has 1 aromatic heterocycles. The van der Waals surface area contributed by atoms with E-state index in [1.54, 1.807) is 13.8 Å². The van der Waals surface area contributed by atoms with Crippen molar-refractivity contribution in [2.75, 3.05) is 12.0 Å². The van der Waals surface area contributed by atoms with Crippen molar-refractivity contribution in [3.05, 3.63) is 45.4 Å². The van der Waals surface area contributed by atoms with Crippen LogP contribution in [0.3, 0.4) is 0 Å². The zero-order valence-corrected chi connectivity index (χ0v) is 14.1. The molecule has 0 aliphatic carbocycles. The highest BCUT2D eigenvalue weighted by Gasteiger charge is 2.16. The van der Waals surface area contributed by atoms with Crippen LogP contribution >= 0.6 is 22.9 Å². The highest BCUT2D eigenvalue weighted by Crippen LogP contribution is 2.23. The number of anilines is 1. The van der Waals surface area contributed by atoms with E-state index in [1.165, 1.54) is 11.3 Å². The molecule has 0 saturated carbocycles. The molecule has 0 unspecified atom stereocenters. The molecular weight excluding hydrogens is 322 g/mol. The van der Waals surface area contributed by atoms with Gasteiger partial charge in [0.15, 0.2) is 0 Å². The van der Waals surface area contributed by atoms with Crippen molar-refractivity contribution in [1.82, 2.24) is 4.98 Å². The number of hydrogen-bond donors (Lipinski definition) is 1. The number of benzene rings is 1. The second kappa shape index (κ2) is 7.38. The van der Waals surface area contributed by atoms with Crippen LogP contribution in [0.5, 0.6) is 0 Å². The SMILES string of the molecule is CCOC(=O)c1sc(N/N=C(\C)c2ccc(Cl)cc2)nc1C. The van der Waals surface area contributed by atoms with E-state index in [4.69, 9.17) is 16.3 Å². The summed E-state index contributed by atoms with van der Waals surface area (Å²) in [6.07, 6.45) is 0. The summed E-state index contributed by atoms with van der Waals surface area (Å²) in [5.74, 6) is -0.357. The molecule has 22 heavy (non-hydrogen) atoms. The number of nitrogens with one attached hydrogen (secondary N) is 1. The summed E-state index contributed by atoms with van der Waals surface area (Å²) in [5.41, 5.74) is 5.25. The molecule has 2 aromatic rings. The van der Waals surface area contributed by atoms with E-state index in [1.807, 2.05) is 31.2 Å². The molecule has 0 aliphatic heterocycles. The zero-order valence-electron chi connectivity index (χ0n) is 12.5. The number of aromatic nitrogens is 1. The third-order valence-corrected chi connectivity index (χ3v) is 4.13. The first-order valence-corrected chi connectivity index (χ1v) is 7.91. The molecule has 1 N–H and O–H groups in total. The van der Waals surface area contributed by atoms with Crippen molar-refractivity contribution in [3.63, 3.8) is 0 Å². The van der Waals surface area contributed by atoms with Crippen LogP contribution in [0, 0.1) is 6.92 Å². The number of thiazole rings is 1. The first-order chi connectivity index (χ1) is 10.5. The van der Waals surface area contributed by atoms with Crippen LogP contribution in [0.1, 0.15) is 34.8 Å². The minimum atomic E-state index is -0.357. The Hall–Kier alpha value is -1.92. The van der Waals surface area contributed by atoms with Gasteiger partial charge in [0, 0.05) is 5.02 Å². The Bertz CT molecular complexity index is 695. The number of carbonyl (C=O) groups is 1. The molecule has 116 valence electrons. The molecule has 0 saturated heterocycles. The van der Waals surface area contributed by atoms with Gasteiger partial charge in [0.1, 0.15) is 4.88 Å². The highest BCUT2D eigenvalue weighted by molar-refractivity contribution is 7.17. The maximum absolute atomic E-state index is 11.7. The lowest BCUT2D eigenvalue weighted by atomic mass is 10.1. The fourth-order valence-electron chi connectivity index (χ4n) is 1.72. The Morgan fingerprint density at radius 2 is 2.09 bits per heavy atom. The first-order valence-electron chi connectivity index (χ1n) is 6.72. The Labute approximate surface area is 138 Å². The van der Waals surface area contributed by atoms with E-state index in [0.717, 1.165) is 11.3 Å². The van der Waals surface area contributed by atoms with Crippen molar-refractivity contribution in [2.24, 2.45) is 5.10 Å². The molecule has 0 radical (unpaired) electrons. The van der Waals surface area contributed by atoms with Crippen molar-refractivity contribution >= 4 is 39.8 Å². The van der Waals surface area contributed by atoms with Gasteiger partial charge < -0.3 is 4.74 Å². The van der Waals surface area contributed by atoms with Crippen molar-refractivity contribution in [2.45, 2.75) is 20.8 Å². The van der Waals surface area contributed by atoms with Gasteiger partial charge in [0.05, 0.1) is 18.0 Å². The van der Waals surface area contributed by atoms with E-state index < -0.39 is 0 Å². The van der Waals surface area contributed by atoms with Crippen LogP contribution in [0.4, 0.5) is 5.13 Å². The summed E-state index contributed by atoms with van der Waals surface area (Å²) >= 11 is 7.08. The molecule has 0 spiro atoms. The Kier molecular flexibility index (Phi) is 5.51. The lowest BCUT2D eigenvalue weighted by Crippen LogP contribution is -2.03. The minimum Gasteiger partial charge on any atom is -0.462 e. The van der Waals surface area contributed by atoms with Gasteiger partial charge >= 0.3 is 5.97 Å². The van der Waals surface area contributed by atoms with Crippen LogP contribution in [-0.2, 0) is 4.74 Å². The number of nitrogens with zero attached hydrogens (tertiary/aromatic N) is 2. The quantitative estimate of drug-likeness (QED) is 0.506. The van der Waals surface area contributed by atoms with Crippen LogP contribution in [0.15, 0.2) is 29.4 Å². The van der Waals surface area contributed by atoms with Gasteiger partial charge in [-0.15, -0.1) is 0 Å². The third-order valence-electron chi connectivity index (χ3n) is 2.84. The van der Waals surface area contributed by atoms with Crippen molar-refractivity contribution in [3.8, 4) is 0 Å². The van der Waals surface area contributed by atoms with Crippen LogP contribution in [-0.4, -0.2) is 23.3 Å². The largest absolute Gasteiger partial charge is 0.462 e. The molecule has 1 aromatic carbocycles. The topological polar surface area (TPSA) is 63.6 Å².